The number of aromatic nitrogens is 4. The molecule has 1 saturated heterocycles. The number of fused-ring (bicyclic) bond motifs is 3. The average Bonchev–Trinajstić information content (AvgIpc) is 3.53. The summed E-state index contributed by atoms with van der Waals surface area (Å²) in [6, 6.07) is 8.56. The molecular formula is C23H26N6O4S2. The molecule has 12 heteroatoms. The minimum Gasteiger partial charge on any atom is -0.467 e. The van der Waals surface area contributed by atoms with Crippen LogP contribution in [0.15, 0.2) is 51.1 Å². The highest BCUT2D eigenvalue weighted by Gasteiger charge is 2.27. The Bertz CT molecular complexity index is 1450. The van der Waals surface area contributed by atoms with E-state index < -0.39 is 15.3 Å². The predicted octanol–water partition coefficient (Wildman–Crippen LogP) is 3.46. The van der Waals surface area contributed by atoms with E-state index in [1.807, 2.05) is 6.92 Å². The maximum absolute atomic E-state index is 13.1. The number of nitrogens with one attached hydrogen (secondary N) is 2. The van der Waals surface area contributed by atoms with Crippen molar-refractivity contribution in [3.63, 3.8) is 0 Å². The van der Waals surface area contributed by atoms with Crippen molar-refractivity contribution in [2.45, 2.75) is 54.5 Å². The number of carbonyl (C=O) groups is 1. The zero-order valence-corrected chi connectivity index (χ0v) is 20.9. The second-order valence-electron chi connectivity index (χ2n) is 8.40. The van der Waals surface area contributed by atoms with Crippen molar-refractivity contribution in [3.05, 3.63) is 42.4 Å². The molecule has 3 aromatic heterocycles. The Hall–Kier alpha value is -2.96. The molecule has 0 spiro atoms. The normalized spacial score (nSPS) is 16.0. The van der Waals surface area contributed by atoms with E-state index in [-0.39, 0.29) is 10.8 Å². The summed E-state index contributed by atoms with van der Waals surface area (Å²) >= 11 is 1.24. The average molecular weight is 515 g/mol. The van der Waals surface area contributed by atoms with E-state index in [2.05, 4.69) is 25.5 Å². The van der Waals surface area contributed by atoms with Crippen molar-refractivity contribution in [1.82, 2.24) is 29.8 Å². The summed E-state index contributed by atoms with van der Waals surface area (Å²) in [5.41, 5.74) is 1.72. The highest BCUT2D eigenvalue weighted by molar-refractivity contribution is 8.00. The van der Waals surface area contributed by atoms with Crippen LogP contribution in [0.25, 0.3) is 22.1 Å². The van der Waals surface area contributed by atoms with Crippen LogP contribution in [0.1, 0.15) is 38.4 Å². The Labute approximate surface area is 206 Å². The van der Waals surface area contributed by atoms with Gasteiger partial charge >= 0.3 is 0 Å². The molecule has 1 amide bonds. The number of aromatic amines is 1. The lowest BCUT2D eigenvalue weighted by atomic mass is 10.2. The fraction of sp³-hybridized carbons (Fsp3) is 0.391. The molecule has 1 fully saturated rings. The summed E-state index contributed by atoms with van der Waals surface area (Å²) in [5, 5.41) is 12.0. The fourth-order valence-electron chi connectivity index (χ4n) is 4.15. The van der Waals surface area contributed by atoms with E-state index in [0.717, 1.165) is 24.8 Å². The molecule has 10 nitrogen and oxygen atoms in total. The third kappa shape index (κ3) is 4.91. The van der Waals surface area contributed by atoms with Crippen LogP contribution < -0.4 is 5.32 Å². The van der Waals surface area contributed by atoms with Crippen LogP contribution in [-0.2, 0) is 21.4 Å². The number of hydrogen-bond acceptors (Lipinski definition) is 8. The van der Waals surface area contributed by atoms with Crippen LogP contribution in [-0.4, -0.2) is 57.1 Å². The Kier molecular flexibility index (Phi) is 6.76. The number of amides is 1. The lowest BCUT2D eigenvalue weighted by Crippen LogP contribution is -2.35. The smallest absolute Gasteiger partial charge is 0.243 e. The second kappa shape index (κ2) is 9.96. The first-order valence-corrected chi connectivity index (χ1v) is 13.9. The number of carbonyl (C=O) groups excluding carboxylic acids is 1. The van der Waals surface area contributed by atoms with Gasteiger partial charge in [0.2, 0.25) is 21.1 Å². The van der Waals surface area contributed by atoms with Crippen LogP contribution in [0.3, 0.4) is 0 Å². The molecule has 0 radical (unpaired) electrons. The van der Waals surface area contributed by atoms with Gasteiger partial charge in [0.15, 0.2) is 5.65 Å². The molecule has 1 atom stereocenters. The van der Waals surface area contributed by atoms with Crippen LogP contribution in [0.2, 0.25) is 0 Å². The topological polar surface area (TPSA) is 134 Å². The number of furan rings is 1. The van der Waals surface area contributed by atoms with Crippen molar-refractivity contribution in [2.24, 2.45) is 0 Å². The molecule has 0 saturated carbocycles. The number of sulfonamides is 1. The van der Waals surface area contributed by atoms with E-state index >= 15 is 0 Å². The molecule has 1 aliphatic rings. The molecule has 1 unspecified atom stereocenters. The summed E-state index contributed by atoms with van der Waals surface area (Å²) in [5.74, 6) is 0.541. The zero-order chi connectivity index (χ0) is 24.4. The zero-order valence-electron chi connectivity index (χ0n) is 19.2. The Balaban J connectivity index is 1.37. The first kappa shape index (κ1) is 23.8. The lowest BCUT2D eigenvalue weighted by molar-refractivity contribution is -0.120. The minimum absolute atomic E-state index is 0.137. The van der Waals surface area contributed by atoms with Gasteiger partial charge in [-0.3, -0.25) is 4.79 Å². The number of H-pyrrole nitrogens is 1. The van der Waals surface area contributed by atoms with Crippen LogP contribution in [0.4, 0.5) is 0 Å². The molecule has 0 aliphatic carbocycles. The van der Waals surface area contributed by atoms with Crippen molar-refractivity contribution >= 4 is 49.8 Å². The maximum Gasteiger partial charge on any atom is 0.243 e. The first-order valence-electron chi connectivity index (χ1n) is 11.6. The summed E-state index contributed by atoms with van der Waals surface area (Å²) in [6.45, 7) is 3.32. The van der Waals surface area contributed by atoms with E-state index in [0.29, 0.717) is 53.5 Å². The predicted molar refractivity (Wildman–Crippen MR) is 132 cm³/mol. The van der Waals surface area contributed by atoms with Crippen LogP contribution in [0.5, 0.6) is 0 Å². The monoisotopic (exact) mass is 514 g/mol. The van der Waals surface area contributed by atoms with Gasteiger partial charge in [-0.1, -0.05) is 25.1 Å². The molecule has 1 aromatic carbocycles. The van der Waals surface area contributed by atoms with Gasteiger partial charge in [0.25, 0.3) is 0 Å². The van der Waals surface area contributed by atoms with Crippen LogP contribution >= 0.6 is 11.8 Å². The standard InChI is InChI=1S/C23H26N6O4S2/c1-2-19(22(30)24-14-15-7-6-12-33-15)34-23-26-21-20(27-28-23)17-13-16(8-9-18(17)25-21)35(31,32)29-10-4-3-5-11-29/h6-9,12-13,19H,2-5,10-11,14H2,1H3,(H,24,30)(H,25,26,28). The van der Waals surface area contributed by atoms with Crippen molar-refractivity contribution < 1.29 is 17.6 Å². The second-order valence-corrected chi connectivity index (χ2v) is 11.5. The molecule has 35 heavy (non-hydrogen) atoms. The first-order chi connectivity index (χ1) is 17.0. The molecule has 184 valence electrons. The highest BCUT2D eigenvalue weighted by Crippen LogP contribution is 2.29. The molecular weight excluding hydrogens is 488 g/mol. The van der Waals surface area contributed by atoms with E-state index in [1.54, 1.807) is 40.9 Å². The summed E-state index contributed by atoms with van der Waals surface area (Å²) < 4.78 is 33.0. The quantitative estimate of drug-likeness (QED) is 0.342. The number of benzene rings is 1. The van der Waals surface area contributed by atoms with E-state index in [9.17, 15) is 13.2 Å². The molecule has 0 bridgehead atoms. The van der Waals surface area contributed by atoms with Gasteiger partial charge in [0.05, 0.1) is 23.0 Å². The largest absolute Gasteiger partial charge is 0.467 e. The Morgan fingerprint density at radius 3 is 2.80 bits per heavy atom. The maximum atomic E-state index is 13.1. The third-order valence-electron chi connectivity index (χ3n) is 6.05. The summed E-state index contributed by atoms with van der Waals surface area (Å²) in [6.07, 6.45) is 4.96. The number of nitrogens with zero attached hydrogens (tertiary/aromatic N) is 4. The van der Waals surface area contributed by atoms with Gasteiger partial charge in [-0.2, -0.15) is 4.31 Å². The van der Waals surface area contributed by atoms with Crippen molar-refractivity contribution in [1.29, 1.82) is 0 Å². The van der Waals surface area contributed by atoms with Gasteiger partial charge in [0.1, 0.15) is 11.3 Å². The van der Waals surface area contributed by atoms with Crippen molar-refractivity contribution in [2.75, 3.05) is 13.1 Å². The van der Waals surface area contributed by atoms with Crippen molar-refractivity contribution in [3.8, 4) is 0 Å². The number of piperidine rings is 1. The van der Waals surface area contributed by atoms with E-state index in [1.165, 1.54) is 11.8 Å². The van der Waals surface area contributed by atoms with Gasteiger partial charge in [0, 0.05) is 24.0 Å². The molecule has 2 N–H and O–H groups in total. The lowest BCUT2D eigenvalue weighted by Gasteiger charge is -2.25. The summed E-state index contributed by atoms with van der Waals surface area (Å²) in [4.78, 5) is 20.6. The molecule has 5 rings (SSSR count). The molecule has 4 aromatic rings. The van der Waals surface area contributed by atoms with Gasteiger partial charge in [-0.05, 0) is 49.6 Å². The van der Waals surface area contributed by atoms with Gasteiger partial charge in [-0.15, -0.1) is 10.2 Å². The number of hydrogen-bond donors (Lipinski definition) is 2. The number of thioether (sulfide) groups is 1. The van der Waals surface area contributed by atoms with Crippen LogP contribution in [0, 0.1) is 0 Å². The Morgan fingerprint density at radius 1 is 1.23 bits per heavy atom. The molecule has 1 aliphatic heterocycles. The highest BCUT2D eigenvalue weighted by atomic mass is 32.2. The van der Waals surface area contributed by atoms with E-state index in [4.69, 9.17) is 4.42 Å². The summed E-state index contributed by atoms with van der Waals surface area (Å²) in [7, 11) is -3.56. The molecule has 4 heterocycles. The fourth-order valence-corrected chi connectivity index (χ4v) is 6.54. The Morgan fingerprint density at radius 2 is 2.06 bits per heavy atom. The minimum atomic E-state index is -3.56. The van der Waals surface area contributed by atoms with Gasteiger partial charge < -0.3 is 14.7 Å². The van der Waals surface area contributed by atoms with Gasteiger partial charge in [-0.25, -0.2) is 13.4 Å². The SMILES string of the molecule is CCC(Sc1nnc2c(n1)[nH]c1ccc(S(=O)(=O)N3CCCCC3)cc12)C(=O)NCc1ccco1. The number of rotatable bonds is 8. The third-order valence-corrected chi connectivity index (χ3v) is 9.16.